The molecule has 1 aromatic heterocycles. The summed E-state index contributed by atoms with van der Waals surface area (Å²) in [5, 5.41) is 3.26. The van der Waals surface area contributed by atoms with E-state index < -0.39 is 11.9 Å². The molecule has 0 atom stereocenters. The van der Waals surface area contributed by atoms with Gasteiger partial charge in [-0.25, -0.2) is 4.98 Å². The van der Waals surface area contributed by atoms with Crippen LogP contribution in [0.25, 0.3) is 0 Å². The van der Waals surface area contributed by atoms with Gasteiger partial charge >= 0.3 is 6.18 Å². The van der Waals surface area contributed by atoms with Crippen LogP contribution in [0.3, 0.4) is 0 Å². The average Bonchev–Trinajstić information content (AvgIpc) is 2.86. The number of hydrogen-bond acceptors (Lipinski definition) is 3. The molecule has 1 heterocycles. The maximum Gasteiger partial charge on any atom is 0.434 e. The van der Waals surface area contributed by atoms with Crippen LogP contribution < -0.4 is 5.32 Å². The van der Waals surface area contributed by atoms with Crippen molar-refractivity contribution >= 4 is 22.4 Å². The van der Waals surface area contributed by atoms with Crippen LogP contribution in [-0.2, 0) is 17.4 Å². The van der Waals surface area contributed by atoms with E-state index in [1.807, 2.05) is 32.0 Å². The summed E-state index contributed by atoms with van der Waals surface area (Å²) in [6.07, 6.45) is -3.75. The number of anilines is 1. The van der Waals surface area contributed by atoms with Gasteiger partial charge < -0.3 is 5.32 Å². The third kappa shape index (κ3) is 4.30. The Labute approximate surface area is 130 Å². The van der Waals surface area contributed by atoms with Crippen LogP contribution in [0.15, 0.2) is 23.6 Å². The minimum Gasteiger partial charge on any atom is -0.302 e. The highest BCUT2D eigenvalue weighted by atomic mass is 32.1. The topological polar surface area (TPSA) is 42.0 Å². The van der Waals surface area contributed by atoms with E-state index in [1.165, 1.54) is 0 Å². The smallest absolute Gasteiger partial charge is 0.302 e. The SMILES string of the molecule is Cc1ccc(CCC(=O)Nc2nc(C(F)(F)F)cs2)c(C)c1. The van der Waals surface area contributed by atoms with Crippen molar-refractivity contribution in [3.05, 3.63) is 46.0 Å². The first-order chi connectivity index (χ1) is 10.3. The standard InChI is InChI=1S/C15H15F3N2OS/c1-9-3-4-11(10(2)7-9)5-6-13(21)20-14-19-12(8-22-14)15(16,17)18/h3-4,7-8H,5-6H2,1-2H3,(H,19,20,21). The lowest BCUT2D eigenvalue weighted by molar-refractivity contribution is -0.140. The fraction of sp³-hybridized carbons (Fsp3) is 0.333. The highest BCUT2D eigenvalue weighted by molar-refractivity contribution is 7.13. The van der Waals surface area contributed by atoms with E-state index in [9.17, 15) is 18.0 Å². The normalized spacial score (nSPS) is 11.5. The lowest BCUT2D eigenvalue weighted by Crippen LogP contribution is -2.13. The van der Waals surface area contributed by atoms with Crippen molar-refractivity contribution < 1.29 is 18.0 Å². The molecule has 0 saturated carbocycles. The summed E-state index contributed by atoms with van der Waals surface area (Å²) in [5.41, 5.74) is 2.31. The van der Waals surface area contributed by atoms with Crippen molar-refractivity contribution in [1.82, 2.24) is 4.98 Å². The first-order valence-electron chi connectivity index (χ1n) is 6.64. The number of carbonyl (C=O) groups excluding carboxylic acids is 1. The Morgan fingerprint density at radius 2 is 2.05 bits per heavy atom. The number of nitrogens with one attached hydrogen (secondary N) is 1. The van der Waals surface area contributed by atoms with Gasteiger partial charge in [-0.3, -0.25) is 4.79 Å². The number of benzene rings is 1. The summed E-state index contributed by atoms with van der Waals surface area (Å²) >= 11 is 0.768. The van der Waals surface area contributed by atoms with Gasteiger partial charge in [0.15, 0.2) is 10.8 Å². The fourth-order valence-corrected chi connectivity index (χ4v) is 2.75. The Bertz CT molecular complexity index is 680. The predicted octanol–water partition coefficient (Wildman–Crippen LogP) is 4.35. The predicted molar refractivity (Wildman–Crippen MR) is 80.0 cm³/mol. The second-order valence-electron chi connectivity index (χ2n) is 5.01. The van der Waals surface area contributed by atoms with Gasteiger partial charge in [-0.15, -0.1) is 11.3 Å². The molecule has 2 aromatic rings. The lowest BCUT2D eigenvalue weighted by atomic mass is 10.0. The summed E-state index contributed by atoms with van der Waals surface area (Å²) in [4.78, 5) is 15.2. The van der Waals surface area contributed by atoms with E-state index in [0.717, 1.165) is 33.4 Å². The molecular formula is C15H15F3N2OS. The number of aromatic nitrogens is 1. The van der Waals surface area contributed by atoms with Crippen molar-refractivity contribution in [3.63, 3.8) is 0 Å². The van der Waals surface area contributed by atoms with E-state index in [2.05, 4.69) is 10.3 Å². The van der Waals surface area contributed by atoms with Gasteiger partial charge in [-0.2, -0.15) is 13.2 Å². The van der Waals surface area contributed by atoms with Crippen LogP contribution in [0.2, 0.25) is 0 Å². The van der Waals surface area contributed by atoms with Crippen LogP contribution in [0.5, 0.6) is 0 Å². The molecule has 0 spiro atoms. The van der Waals surface area contributed by atoms with Crippen molar-refractivity contribution in [3.8, 4) is 0 Å². The van der Waals surface area contributed by atoms with Crippen LogP contribution in [0.4, 0.5) is 18.3 Å². The van der Waals surface area contributed by atoms with E-state index in [0.29, 0.717) is 6.42 Å². The number of rotatable bonds is 4. The summed E-state index contributed by atoms with van der Waals surface area (Å²) in [6, 6.07) is 5.96. The molecule has 1 N–H and O–H groups in total. The molecule has 22 heavy (non-hydrogen) atoms. The quantitative estimate of drug-likeness (QED) is 0.906. The number of alkyl halides is 3. The molecule has 1 amide bonds. The Morgan fingerprint density at radius 1 is 1.32 bits per heavy atom. The van der Waals surface area contributed by atoms with E-state index in [-0.39, 0.29) is 17.5 Å². The van der Waals surface area contributed by atoms with Crippen molar-refractivity contribution in [2.45, 2.75) is 32.9 Å². The van der Waals surface area contributed by atoms with E-state index in [1.54, 1.807) is 0 Å². The average molecular weight is 328 g/mol. The van der Waals surface area contributed by atoms with Crippen molar-refractivity contribution in [1.29, 1.82) is 0 Å². The summed E-state index contributed by atoms with van der Waals surface area (Å²) in [6.45, 7) is 3.96. The number of nitrogens with zero attached hydrogens (tertiary/aromatic N) is 1. The van der Waals surface area contributed by atoms with Gasteiger partial charge in [-0.05, 0) is 31.4 Å². The molecule has 0 bridgehead atoms. The number of hydrogen-bond donors (Lipinski definition) is 1. The molecule has 0 fully saturated rings. The summed E-state index contributed by atoms with van der Waals surface area (Å²) in [7, 11) is 0. The molecule has 1 aromatic carbocycles. The lowest BCUT2D eigenvalue weighted by Gasteiger charge is -2.06. The van der Waals surface area contributed by atoms with E-state index >= 15 is 0 Å². The van der Waals surface area contributed by atoms with Crippen LogP contribution in [-0.4, -0.2) is 10.9 Å². The minimum absolute atomic E-state index is 0.0297. The van der Waals surface area contributed by atoms with Gasteiger partial charge in [0.05, 0.1) is 0 Å². The molecule has 0 aliphatic carbocycles. The Balaban J connectivity index is 1.92. The molecule has 0 saturated heterocycles. The van der Waals surface area contributed by atoms with Gasteiger partial charge in [0.25, 0.3) is 0 Å². The van der Waals surface area contributed by atoms with Gasteiger partial charge in [0.2, 0.25) is 5.91 Å². The number of halogens is 3. The zero-order valence-electron chi connectivity index (χ0n) is 12.1. The maximum atomic E-state index is 12.4. The monoisotopic (exact) mass is 328 g/mol. The third-order valence-corrected chi connectivity index (χ3v) is 3.92. The molecule has 0 aliphatic rings. The fourth-order valence-electron chi connectivity index (χ4n) is 2.02. The van der Waals surface area contributed by atoms with Crippen LogP contribution in [0, 0.1) is 13.8 Å². The molecule has 0 radical (unpaired) electrons. The second-order valence-corrected chi connectivity index (χ2v) is 5.87. The molecule has 118 valence electrons. The summed E-state index contributed by atoms with van der Waals surface area (Å²) < 4.78 is 37.2. The molecule has 2 rings (SSSR count). The summed E-state index contributed by atoms with van der Waals surface area (Å²) in [5.74, 6) is -0.344. The maximum absolute atomic E-state index is 12.4. The zero-order valence-corrected chi connectivity index (χ0v) is 12.9. The molecule has 0 aliphatic heterocycles. The van der Waals surface area contributed by atoms with Crippen molar-refractivity contribution in [2.24, 2.45) is 0 Å². The minimum atomic E-state index is -4.49. The Morgan fingerprint density at radius 3 is 2.64 bits per heavy atom. The zero-order chi connectivity index (χ0) is 16.3. The van der Waals surface area contributed by atoms with Gasteiger partial charge in [-0.1, -0.05) is 23.8 Å². The number of aryl methyl sites for hydroxylation is 3. The molecule has 0 unspecified atom stereocenters. The molecule has 3 nitrogen and oxygen atoms in total. The number of amides is 1. The third-order valence-electron chi connectivity index (χ3n) is 3.16. The van der Waals surface area contributed by atoms with Gasteiger partial charge in [0, 0.05) is 11.8 Å². The Hall–Kier alpha value is -1.89. The molecular weight excluding hydrogens is 313 g/mol. The van der Waals surface area contributed by atoms with Crippen LogP contribution in [0.1, 0.15) is 28.8 Å². The second kappa shape index (κ2) is 6.48. The largest absolute Gasteiger partial charge is 0.434 e. The van der Waals surface area contributed by atoms with Gasteiger partial charge in [0.1, 0.15) is 0 Å². The first-order valence-corrected chi connectivity index (χ1v) is 7.52. The first kappa shape index (κ1) is 16.5. The highest BCUT2D eigenvalue weighted by Crippen LogP contribution is 2.31. The number of thiazole rings is 1. The Kier molecular flexibility index (Phi) is 4.85. The van der Waals surface area contributed by atoms with Crippen molar-refractivity contribution in [2.75, 3.05) is 5.32 Å². The highest BCUT2D eigenvalue weighted by Gasteiger charge is 2.33. The number of carbonyl (C=O) groups is 1. The molecule has 7 heteroatoms. The van der Waals surface area contributed by atoms with Crippen LogP contribution >= 0.6 is 11.3 Å². The van der Waals surface area contributed by atoms with E-state index in [4.69, 9.17) is 0 Å².